The number of nitrogens with one attached hydrogen (secondary N) is 3. The average Bonchev–Trinajstić information content (AvgIpc) is 3.25. The highest BCUT2D eigenvalue weighted by molar-refractivity contribution is 7.89. The van der Waals surface area contributed by atoms with Crippen LogP contribution in [-0.2, 0) is 26.0 Å². The summed E-state index contributed by atoms with van der Waals surface area (Å²) < 4.78 is 34.0. The predicted octanol–water partition coefficient (Wildman–Crippen LogP) is 0.00257. The maximum atomic E-state index is 13.1. The lowest BCUT2D eigenvalue weighted by Crippen LogP contribution is -2.50. The highest BCUT2D eigenvalue weighted by Crippen LogP contribution is 2.28. The smallest absolute Gasteiger partial charge is 0.241 e. The molecule has 3 heterocycles. The summed E-state index contributed by atoms with van der Waals surface area (Å²) in [5, 5.41) is 10.4. The van der Waals surface area contributed by atoms with Gasteiger partial charge in [0.1, 0.15) is 11.8 Å². The number of rotatable bonds is 7. The van der Waals surface area contributed by atoms with Crippen LogP contribution in [0.5, 0.6) is 5.75 Å². The number of carbonyl (C=O) groups excluding carboxylic acids is 2. The van der Waals surface area contributed by atoms with Crippen LogP contribution in [-0.4, -0.2) is 81.4 Å². The van der Waals surface area contributed by atoms with Crippen LogP contribution in [0.25, 0.3) is 0 Å². The van der Waals surface area contributed by atoms with Gasteiger partial charge >= 0.3 is 0 Å². The van der Waals surface area contributed by atoms with Gasteiger partial charge in [-0.2, -0.15) is 4.72 Å². The van der Waals surface area contributed by atoms with Gasteiger partial charge < -0.3 is 25.6 Å². The van der Waals surface area contributed by atoms with Gasteiger partial charge in [0.25, 0.3) is 0 Å². The zero-order valence-electron chi connectivity index (χ0n) is 19.8. The van der Waals surface area contributed by atoms with E-state index in [2.05, 4.69) is 10.0 Å². The molecule has 2 amide bonds. The molecule has 0 saturated carbocycles. The molecule has 2 saturated heterocycles. The van der Waals surface area contributed by atoms with E-state index in [0.717, 1.165) is 18.4 Å². The van der Waals surface area contributed by atoms with Gasteiger partial charge in [0.2, 0.25) is 21.8 Å². The molecule has 0 bridgehead atoms. The summed E-state index contributed by atoms with van der Waals surface area (Å²) in [5.74, 6) is 0.431. The first-order valence-corrected chi connectivity index (χ1v) is 13.6. The van der Waals surface area contributed by atoms with E-state index >= 15 is 0 Å². The number of guanidine groups is 1. The third-order valence-corrected chi connectivity index (χ3v) is 8.40. The van der Waals surface area contributed by atoms with Crippen molar-refractivity contribution >= 4 is 27.8 Å². The Hall–Kier alpha value is -2.86. The standard InChI is InChI=1S/C23H34N6O5S/c24-23(25)28-10-6-16(7-11-28)14-26-21(30)15-29-9-2-1-3-19(22(29)31)27-35(32,33)18-4-5-20-17(13-18)8-12-34-20/h4-5,13,16,19,27H,1-3,6-12,14-15H2,(H3,24,25)(H,26,30). The van der Waals surface area contributed by atoms with Crippen LogP contribution in [0.4, 0.5) is 0 Å². The van der Waals surface area contributed by atoms with E-state index in [1.807, 2.05) is 4.90 Å². The second-order valence-electron chi connectivity index (χ2n) is 9.42. The largest absolute Gasteiger partial charge is 0.493 e. The number of amides is 2. The van der Waals surface area contributed by atoms with E-state index in [9.17, 15) is 18.0 Å². The van der Waals surface area contributed by atoms with Crippen molar-refractivity contribution in [2.24, 2.45) is 11.7 Å². The van der Waals surface area contributed by atoms with Crippen LogP contribution in [0.2, 0.25) is 0 Å². The predicted molar refractivity (Wildman–Crippen MR) is 129 cm³/mol. The molecule has 0 radical (unpaired) electrons. The molecule has 0 aromatic heterocycles. The molecule has 12 heteroatoms. The highest BCUT2D eigenvalue weighted by atomic mass is 32.2. The SMILES string of the molecule is N=C(N)N1CCC(CNC(=O)CN2CCCCC(NS(=O)(=O)c3ccc4c(c3)CCO4)C2=O)CC1. The first-order valence-electron chi connectivity index (χ1n) is 12.2. The maximum Gasteiger partial charge on any atom is 0.241 e. The number of carbonyl (C=O) groups is 2. The Balaban J connectivity index is 1.31. The molecular weight excluding hydrogens is 472 g/mol. The molecule has 192 valence electrons. The van der Waals surface area contributed by atoms with E-state index in [4.69, 9.17) is 15.9 Å². The minimum atomic E-state index is -3.90. The lowest BCUT2D eigenvalue weighted by atomic mass is 9.97. The van der Waals surface area contributed by atoms with Crippen LogP contribution in [0.15, 0.2) is 23.1 Å². The summed E-state index contributed by atoms with van der Waals surface area (Å²) in [6, 6.07) is 3.82. The van der Waals surface area contributed by atoms with E-state index in [-0.39, 0.29) is 29.2 Å². The van der Waals surface area contributed by atoms with Crippen molar-refractivity contribution in [2.45, 2.75) is 49.5 Å². The Morgan fingerprint density at radius 2 is 1.94 bits per heavy atom. The Labute approximate surface area is 205 Å². The van der Waals surface area contributed by atoms with Crippen LogP contribution in [0.3, 0.4) is 0 Å². The Bertz CT molecular complexity index is 1070. The molecular formula is C23H34N6O5S. The summed E-state index contributed by atoms with van der Waals surface area (Å²) in [6.07, 6.45) is 4.10. The Morgan fingerprint density at radius 1 is 1.17 bits per heavy atom. The van der Waals surface area contributed by atoms with Gasteiger partial charge in [0.05, 0.1) is 18.0 Å². The van der Waals surface area contributed by atoms with Crippen LogP contribution >= 0.6 is 0 Å². The summed E-state index contributed by atoms with van der Waals surface area (Å²) >= 11 is 0. The fourth-order valence-corrected chi connectivity index (χ4v) is 6.10. The number of hydrogen-bond acceptors (Lipinski definition) is 6. The van der Waals surface area contributed by atoms with Crippen molar-refractivity contribution < 1.29 is 22.7 Å². The summed E-state index contributed by atoms with van der Waals surface area (Å²) in [7, 11) is -3.90. The van der Waals surface area contributed by atoms with Crippen LogP contribution in [0.1, 0.15) is 37.7 Å². The van der Waals surface area contributed by atoms with Gasteiger partial charge in [-0.3, -0.25) is 15.0 Å². The molecule has 1 aromatic carbocycles. The minimum Gasteiger partial charge on any atom is -0.493 e. The lowest BCUT2D eigenvalue weighted by molar-refractivity contribution is -0.137. The fourth-order valence-electron chi connectivity index (χ4n) is 4.82. The van der Waals surface area contributed by atoms with E-state index in [0.29, 0.717) is 70.1 Å². The molecule has 3 aliphatic heterocycles. The van der Waals surface area contributed by atoms with Crippen LogP contribution < -0.4 is 20.5 Å². The molecule has 4 rings (SSSR count). The van der Waals surface area contributed by atoms with Gasteiger partial charge in [-0.25, -0.2) is 8.42 Å². The summed E-state index contributed by atoms with van der Waals surface area (Å²) in [4.78, 5) is 29.1. The van der Waals surface area contributed by atoms with Gasteiger partial charge in [-0.1, -0.05) is 0 Å². The molecule has 11 nitrogen and oxygen atoms in total. The van der Waals surface area contributed by atoms with Gasteiger partial charge in [-0.05, 0) is 61.8 Å². The van der Waals surface area contributed by atoms with Crippen molar-refractivity contribution in [3.63, 3.8) is 0 Å². The maximum absolute atomic E-state index is 13.1. The third-order valence-electron chi connectivity index (χ3n) is 6.93. The zero-order chi connectivity index (χ0) is 25.0. The molecule has 0 aliphatic carbocycles. The number of likely N-dealkylation sites (tertiary alicyclic amines) is 2. The number of nitrogens with two attached hydrogens (primary N) is 1. The summed E-state index contributed by atoms with van der Waals surface area (Å²) in [5.41, 5.74) is 6.36. The molecule has 5 N–H and O–H groups in total. The molecule has 1 aromatic rings. The van der Waals surface area contributed by atoms with Gasteiger partial charge in [0.15, 0.2) is 5.96 Å². The number of benzene rings is 1. The summed E-state index contributed by atoms with van der Waals surface area (Å²) in [6.45, 7) is 2.74. The van der Waals surface area contributed by atoms with Crippen molar-refractivity contribution in [1.82, 2.24) is 19.8 Å². The number of sulfonamides is 1. The number of nitrogens with zero attached hydrogens (tertiary/aromatic N) is 2. The average molecular weight is 507 g/mol. The van der Waals surface area contributed by atoms with Crippen molar-refractivity contribution in [2.75, 3.05) is 39.3 Å². The molecule has 35 heavy (non-hydrogen) atoms. The quantitative estimate of drug-likeness (QED) is 0.299. The van der Waals surface area contributed by atoms with Crippen molar-refractivity contribution in [3.8, 4) is 5.75 Å². The number of hydrogen-bond donors (Lipinski definition) is 4. The molecule has 1 unspecified atom stereocenters. The fraction of sp³-hybridized carbons (Fsp3) is 0.609. The normalized spacial score (nSPS) is 21.3. The van der Waals surface area contributed by atoms with Crippen LogP contribution in [0, 0.1) is 11.3 Å². The molecule has 1 atom stereocenters. The lowest BCUT2D eigenvalue weighted by Gasteiger charge is -2.32. The van der Waals surface area contributed by atoms with Gasteiger partial charge in [-0.15, -0.1) is 0 Å². The number of piperidine rings is 1. The van der Waals surface area contributed by atoms with Crippen molar-refractivity contribution in [3.05, 3.63) is 23.8 Å². The first-order chi connectivity index (χ1) is 16.7. The van der Waals surface area contributed by atoms with Crippen molar-refractivity contribution in [1.29, 1.82) is 5.41 Å². The second-order valence-corrected chi connectivity index (χ2v) is 11.1. The first kappa shape index (κ1) is 25.2. The van der Waals surface area contributed by atoms with Gasteiger partial charge in [0, 0.05) is 32.6 Å². The topological polar surface area (TPSA) is 158 Å². The molecule has 2 fully saturated rings. The highest BCUT2D eigenvalue weighted by Gasteiger charge is 2.32. The Morgan fingerprint density at radius 3 is 2.69 bits per heavy atom. The second kappa shape index (κ2) is 10.8. The number of ether oxygens (including phenoxy) is 1. The van der Waals surface area contributed by atoms with E-state index < -0.39 is 16.1 Å². The molecule has 0 spiro atoms. The minimum absolute atomic E-state index is 0.0718. The zero-order valence-corrected chi connectivity index (χ0v) is 20.6. The molecule has 3 aliphatic rings. The van der Waals surface area contributed by atoms with E-state index in [1.54, 1.807) is 12.1 Å². The van der Waals surface area contributed by atoms with E-state index in [1.165, 1.54) is 11.0 Å². The monoisotopic (exact) mass is 506 g/mol. The third kappa shape index (κ3) is 6.23. The number of fused-ring (bicyclic) bond motifs is 1. The Kier molecular flexibility index (Phi) is 7.80.